The van der Waals surface area contributed by atoms with E-state index in [2.05, 4.69) is 43.6 Å². The summed E-state index contributed by atoms with van der Waals surface area (Å²) >= 11 is 0. The Bertz CT molecular complexity index is 281. The Morgan fingerprint density at radius 1 is 1.43 bits per heavy atom. The molecule has 0 N–H and O–H groups in total. The number of rotatable bonds is 4. The monoisotopic (exact) mass is 192 g/mol. The lowest BCUT2D eigenvalue weighted by atomic mass is 10.2. The first-order chi connectivity index (χ1) is 6.63. The predicted molar refractivity (Wildman–Crippen MR) is 60.2 cm³/mol. The summed E-state index contributed by atoms with van der Waals surface area (Å²) in [4.78, 5) is 6.77. The highest BCUT2D eigenvalue weighted by Crippen LogP contribution is 2.06. The zero-order valence-corrected chi connectivity index (χ0v) is 9.62. The van der Waals surface area contributed by atoms with Crippen LogP contribution < -0.4 is 0 Å². The van der Waals surface area contributed by atoms with Gasteiger partial charge in [0.05, 0.1) is 5.69 Å². The molecule has 2 nitrogen and oxygen atoms in total. The molecule has 0 aromatic carbocycles. The molecule has 0 saturated carbocycles. The van der Waals surface area contributed by atoms with Gasteiger partial charge in [0.15, 0.2) is 0 Å². The van der Waals surface area contributed by atoms with Gasteiger partial charge < -0.3 is 0 Å². The van der Waals surface area contributed by atoms with Gasteiger partial charge in [-0.1, -0.05) is 6.92 Å². The molecular formula is C12H20N2. The van der Waals surface area contributed by atoms with Gasteiger partial charge in [-0.25, -0.2) is 0 Å². The Morgan fingerprint density at radius 3 is 2.64 bits per heavy atom. The molecule has 1 rings (SSSR count). The smallest absolute Gasteiger partial charge is 0.0546 e. The first-order valence-electron chi connectivity index (χ1n) is 5.29. The van der Waals surface area contributed by atoms with Crippen molar-refractivity contribution in [3.05, 3.63) is 29.6 Å². The van der Waals surface area contributed by atoms with Gasteiger partial charge >= 0.3 is 0 Å². The molecule has 0 aliphatic heterocycles. The minimum Gasteiger partial charge on any atom is -0.295 e. The van der Waals surface area contributed by atoms with Gasteiger partial charge in [0, 0.05) is 18.8 Å². The average molecular weight is 192 g/mol. The lowest BCUT2D eigenvalue weighted by Crippen LogP contribution is -2.30. The third-order valence-corrected chi connectivity index (χ3v) is 2.47. The van der Waals surface area contributed by atoms with Crippen molar-refractivity contribution in [2.24, 2.45) is 0 Å². The van der Waals surface area contributed by atoms with Crippen LogP contribution in [-0.2, 0) is 6.54 Å². The third-order valence-electron chi connectivity index (χ3n) is 2.47. The van der Waals surface area contributed by atoms with E-state index in [1.165, 1.54) is 11.3 Å². The van der Waals surface area contributed by atoms with Crippen molar-refractivity contribution in [2.45, 2.75) is 40.3 Å². The summed E-state index contributed by atoms with van der Waals surface area (Å²) in [5.41, 5.74) is 2.45. The summed E-state index contributed by atoms with van der Waals surface area (Å²) < 4.78 is 0. The van der Waals surface area contributed by atoms with Gasteiger partial charge in [-0.2, -0.15) is 0 Å². The molecule has 0 aliphatic rings. The van der Waals surface area contributed by atoms with Crippen molar-refractivity contribution < 1.29 is 0 Å². The summed E-state index contributed by atoms with van der Waals surface area (Å²) in [6.07, 6.45) is 1.89. The second kappa shape index (κ2) is 5.11. The first kappa shape index (κ1) is 11.2. The Labute approximate surface area is 87.0 Å². The van der Waals surface area contributed by atoms with Gasteiger partial charge in [0.25, 0.3) is 0 Å². The van der Waals surface area contributed by atoms with E-state index in [0.717, 1.165) is 13.1 Å². The van der Waals surface area contributed by atoms with Crippen LogP contribution in [0.15, 0.2) is 18.3 Å². The van der Waals surface area contributed by atoms with Crippen molar-refractivity contribution in [3.8, 4) is 0 Å². The molecule has 0 radical (unpaired) electrons. The fourth-order valence-corrected chi connectivity index (χ4v) is 1.55. The van der Waals surface area contributed by atoms with Gasteiger partial charge in [0.2, 0.25) is 0 Å². The van der Waals surface area contributed by atoms with E-state index in [0.29, 0.717) is 6.04 Å². The summed E-state index contributed by atoms with van der Waals surface area (Å²) in [5.74, 6) is 0. The fraction of sp³-hybridized carbons (Fsp3) is 0.583. The Balaban J connectivity index is 2.67. The van der Waals surface area contributed by atoms with Crippen LogP contribution in [-0.4, -0.2) is 22.5 Å². The first-order valence-corrected chi connectivity index (χ1v) is 5.29. The topological polar surface area (TPSA) is 16.1 Å². The van der Waals surface area contributed by atoms with E-state index in [9.17, 15) is 0 Å². The van der Waals surface area contributed by atoms with Crippen molar-refractivity contribution in [2.75, 3.05) is 6.54 Å². The lowest BCUT2D eigenvalue weighted by Gasteiger charge is -2.24. The molecule has 0 fully saturated rings. The molecule has 0 saturated heterocycles. The SMILES string of the molecule is CCN(Cc1cc(C)ccn1)C(C)C. The van der Waals surface area contributed by atoms with Gasteiger partial charge in [-0.3, -0.25) is 9.88 Å². The molecule has 0 unspecified atom stereocenters. The largest absolute Gasteiger partial charge is 0.295 e. The second-order valence-corrected chi connectivity index (χ2v) is 3.98. The maximum atomic E-state index is 4.37. The number of hydrogen-bond acceptors (Lipinski definition) is 2. The van der Waals surface area contributed by atoms with E-state index in [1.54, 1.807) is 0 Å². The Morgan fingerprint density at radius 2 is 2.14 bits per heavy atom. The molecular weight excluding hydrogens is 172 g/mol. The third kappa shape index (κ3) is 3.11. The average Bonchev–Trinajstić information content (AvgIpc) is 2.14. The maximum Gasteiger partial charge on any atom is 0.0546 e. The molecule has 2 heteroatoms. The Kier molecular flexibility index (Phi) is 4.08. The van der Waals surface area contributed by atoms with Crippen LogP contribution in [0.4, 0.5) is 0 Å². The van der Waals surface area contributed by atoms with Crippen LogP contribution in [0, 0.1) is 6.92 Å². The van der Waals surface area contributed by atoms with Crippen LogP contribution in [0.25, 0.3) is 0 Å². The van der Waals surface area contributed by atoms with Gasteiger partial charge in [0.1, 0.15) is 0 Å². The highest BCUT2D eigenvalue weighted by Gasteiger charge is 2.07. The number of nitrogens with zero attached hydrogens (tertiary/aromatic N) is 2. The molecule has 0 bridgehead atoms. The van der Waals surface area contributed by atoms with E-state index in [1.807, 2.05) is 12.3 Å². The van der Waals surface area contributed by atoms with Crippen molar-refractivity contribution >= 4 is 0 Å². The maximum absolute atomic E-state index is 4.37. The number of hydrogen-bond donors (Lipinski definition) is 0. The van der Waals surface area contributed by atoms with Crippen LogP contribution in [0.3, 0.4) is 0 Å². The molecule has 0 spiro atoms. The predicted octanol–water partition coefficient (Wildman–Crippen LogP) is 2.62. The van der Waals surface area contributed by atoms with Crippen LogP contribution >= 0.6 is 0 Å². The summed E-state index contributed by atoms with van der Waals surface area (Å²) in [5, 5.41) is 0. The standard InChI is InChI=1S/C12H20N2/c1-5-14(10(2)3)9-12-8-11(4)6-7-13-12/h6-8,10H,5,9H2,1-4H3. The number of pyridine rings is 1. The minimum absolute atomic E-state index is 0.585. The van der Waals surface area contributed by atoms with Crippen molar-refractivity contribution in [1.82, 2.24) is 9.88 Å². The van der Waals surface area contributed by atoms with E-state index >= 15 is 0 Å². The molecule has 1 aromatic rings. The summed E-state index contributed by atoms with van der Waals surface area (Å²) in [6.45, 7) is 10.8. The molecule has 14 heavy (non-hydrogen) atoms. The zero-order chi connectivity index (χ0) is 10.6. The highest BCUT2D eigenvalue weighted by molar-refractivity contribution is 5.14. The molecule has 0 aliphatic carbocycles. The fourth-order valence-electron chi connectivity index (χ4n) is 1.55. The summed E-state index contributed by atoms with van der Waals surface area (Å²) in [6, 6.07) is 4.78. The minimum atomic E-state index is 0.585. The normalized spacial score (nSPS) is 11.3. The molecule has 78 valence electrons. The number of aromatic nitrogens is 1. The van der Waals surface area contributed by atoms with Crippen LogP contribution in [0.1, 0.15) is 32.0 Å². The van der Waals surface area contributed by atoms with Crippen LogP contribution in [0.5, 0.6) is 0 Å². The second-order valence-electron chi connectivity index (χ2n) is 3.98. The lowest BCUT2D eigenvalue weighted by molar-refractivity contribution is 0.222. The zero-order valence-electron chi connectivity index (χ0n) is 9.62. The van der Waals surface area contributed by atoms with Crippen molar-refractivity contribution in [1.29, 1.82) is 0 Å². The van der Waals surface area contributed by atoms with Gasteiger partial charge in [-0.05, 0) is 45.0 Å². The van der Waals surface area contributed by atoms with E-state index < -0.39 is 0 Å². The molecule has 1 heterocycles. The Hall–Kier alpha value is -0.890. The summed E-state index contributed by atoms with van der Waals surface area (Å²) in [7, 11) is 0. The molecule has 1 aromatic heterocycles. The van der Waals surface area contributed by atoms with E-state index in [4.69, 9.17) is 0 Å². The molecule has 0 atom stereocenters. The molecule has 0 amide bonds. The van der Waals surface area contributed by atoms with Crippen molar-refractivity contribution in [3.63, 3.8) is 0 Å². The van der Waals surface area contributed by atoms with Crippen LogP contribution in [0.2, 0.25) is 0 Å². The van der Waals surface area contributed by atoms with E-state index in [-0.39, 0.29) is 0 Å². The number of aryl methyl sites for hydroxylation is 1. The highest BCUT2D eigenvalue weighted by atomic mass is 15.1. The van der Waals surface area contributed by atoms with Gasteiger partial charge in [-0.15, -0.1) is 0 Å². The quantitative estimate of drug-likeness (QED) is 0.729.